The van der Waals surface area contributed by atoms with E-state index in [1.807, 2.05) is 25.1 Å². The standard InChI is InChI=1S/C14H19NO2/c1-4-12-6-7-13(17-12)14(15-5-2)11-8-10(3)16-9-11/h6-9,14-15H,4-5H2,1-3H3. The molecule has 0 saturated carbocycles. The van der Waals surface area contributed by atoms with Crippen molar-refractivity contribution in [1.82, 2.24) is 5.32 Å². The van der Waals surface area contributed by atoms with Gasteiger partial charge in [-0.15, -0.1) is 0 Å². The van der Waals surface area contributed by atoms with Gasteiger partial charge in [-0.25, -0.2) is 0 Å². The summed E-state index contributed by atoms with van der Waals surface area (Å²) in [6.45, 7) is 7.01. The predicted molar refractivity (Wildman–Crippen MR) is 67.1 cm³/mol. The Morgan fingerprint density at radius 1 is 1.29 bits per heavy atom. The van der Waals surface area contributed by atoms with Crippen molar-refractivity contribution in [2.75, 3.05) is 6.54 Å². The normalized spacial score (nSPS) is 12.9. The van der Waals surface area contributed by atoms with Gasteiger partial charge in [0.1, 0.15) is 17.3 Å². The van der Waals surface area contributed by atoms with Crippen LogP contribution in [-0.4, -0.2) is 6.54 Å². The van der Waals surface area contributed by atoms with Crippen molar-refractivity contribution in [3.8, 4) is 0 Å². The van der Waals surface area contributed by atoms with E-state index in [2.05, 4.69) is 19.2 Å². The quantitative estimate of drug-likeness (QED) is 0.859. The van der Waals surface area contributed by atoms with E-state index in [-0.39, 0.29) is 6.04 Å². The molecule has 0 spiro atoms. The smallest absolute Gasteiger partial charge is 0.125 e. The lowest BCUT2D eigenvalue weighted by Gasteiger charge is -2.13. The molecule has 0 aromatic carbocycles. The molecule has 0 aliphatic rings. The van der Waals surface area contributed by atoms with Crippen molar-refractivity contribution in [2.24, 2.45) is 0 Å². The fraction of sp³-hybridized carbons (Fsp3) is 0.429. The topological polar surface area (TPSA) is 38.3 Å². The molecule has 1 atom stereocenters. The summed E-state index contributed by atoms with van der Waals surface area (Å²) in [5, 5.41) is 3.41. The summed E-state index contributed by atoms with van der Waals surface area (Å²) in [5.74, 6) is 2.89. The average molecular weight is 233 g/mol. The first-order chi connectivity index (χ1) is 8.24. The van der Waals surface area contributed by atoms with Crippen LogP contribution in [0.3, 0.4) is 0 Å². The van der Waals surface area contributed by atoms with Crippen LogP contribution >= 0.6 is 0 Å². The number of nitrogens with one attached hydrogen (secondary N) is 1. The molecule has 92 valence electrons. The maximum atomic E-state index is 5.81. The van der Waals surface area contributed by atoms with Crippen LogP contribution in [0.2, 0.25) is 0 Å². The molecule has 0 bridgehead atoms. The second kappa shape index (κ2) is 5.23. The monoisotopic (exact) mass is 233 g/mol. The third-order valence-electron chi connectivity index (χ3n) is 2.81. The minimum Gasteiger partial charge on any atom is -0.469 e. The number of hydrogen-bond donors (Lipinski definition) is 1. The predicted octanol–water partition coefficient (Wildman–Crippen LogP) is 3.44. The third-order valence-corrected chi connectivity index (χ3v) is 2.81. The number of furan rings is 2. The zero-order valence-electron chi connectivity index (χ0n) is 10.6. The van der Waals surface area contributed by atoms with E-state index < -0.39 is 0 Å². The van der Waals surface area contributed by atoms with Gasteiger partial charge in [-0.1, -0.05) is 13.8 Å². The Balaban J connectivity index is 2.28. The van der Waals surface area contributed by atoms with Gasteiger partial charge in [-0.3, -0.25) is 0 Å². The molecule has 3 nitrogen and oxygen atoms in total. The van der Waals surface area contributed by atoms with Gasteiger partial charge in [-0.2, -0.15) is 0 Å². The summed E-state index contributed by atoms with van der Waals surface area (Å²) >= 11 is 0. The molecule has 17 heavy (non-hydrogen) atoms. The number of aryl methyl sites for hydroxylation is 2. The molecule has 0 aliphatic carbocycles. The molecule has 1 N–H and O–H groups in total. The summed E-state index contributed by atoms with van der Waals surface area (Å²) in [4.78, 5) is 0. The first kappa shape index (κ1) is 12.0. The summed E-state index contributed by atoms with van der Waals surface area (Å²) in [6.07, 6.45) is 2.71. The maximum Gasteiger partial charge on any atom is 0.125 e. The minimum absolute atomic E-state index is 0.0812. The van der Waals surface area contributed by atoms with Crippen LogP contribution in [0.4, 0.5) is 0 Å². The Morgan fingerprint density at radius 3 is 2.65 bits per heavy atom. The van der Waals surface area contributed by atoms with Crippen LogP contribution < -0.4 is 5.32 Å². The Labute approximate surface area is 102 Å². The highest BCUT2D eigenvalue weighted by Gasteiger charge is 2.18. The lowest BCUT2D eigenvalue weighted by molar-refractivity contribution is 0.423. The largest absolute Gasteiger partial charge is 0.469 e. The lowest BCUT2D eigenvalue weighted by Crippen LogP contribution is -2.20. The van der Waals surface area contributed by atoms with Gasteiger partial charge in [0, 0.05) is 12.0 Å². The van der Waals surface area contributed by atoms with E-state index in [9.17, 15) is 0 Å². The molecular weight excluding hydrogens is 214 g/mol. The Hall–Kier alpha value is -1.48. The van der Waals surface area contributed by atoms with E-state index in [0.29, 0.717) is 0 Å². The summed E-state index contributed by atoms with van der Waals surface area (Å²) in [6, 6.07) is 6.19. The zero-order valence-corrected chi connectivity index (χ0v) is 10.6. The van der Waals surface area contributed by atoms with Crippen LogP contribution in [-0.2, 0) is 6.42 Å². The van der Waals surface area contributed by atoms with E-state index in [0.717, 1.165) is 35.8 Å². The van der Waals surface area contributed by atoms with E-state index in [1.54, 1.807) is 6.26 Å². The van der Waals surface area contributed by atoms with E-state index in [4.69, 9.17) is 8.83 Å². The zero-order chi connectivity index (χ0) is 12.3. The maximum absolute atomic E-state index is 5.81. The van der Waals surface area contributed by atoms with Crippen molar-refractivity contribution < 1.29 is 8.83 Å². The van der Waals surface area contributed by atoms with Crippen LogP contribution in [0.5, 0.6) is 0 Å². The van der Waals surface area contributed by atoms with Crippen LogP contribution in [0.1, 0.15) is 42.7 Å². The fourth-order valence-electron chi connectivity index (χ4n) is 1.94. The molecule has 2 rings (SSSR count). The first-order valence-corrected chi connectivity index (χ1v) is 6.11. The van der Waals surface area contributed by atoms with Gasteiger partial charge in [0.2, 0.25) is 0 Å². The molecule has 1 unspecified atom stereocenters. The first-order valence-electron chi connectivity index (χ1n) is 6.11. The van der Waals surface area contributed by atoms with Crippen LogP contribution in [0.25, 0.3) is 0 Å². The van der Waals surface area contributed by atoms with Gasteiger partial charge in [0.05, 0.1) is 12.3 Å². The average Bonchev–Trinajstić information content (AvgIpc) is 2.94. The van der Waals surface area contributed by atoms with Crippen molar-refractivity contribution in [1.29, 1.82) is 0 Å². The molecule has 0 saturated heterocycles. The number of hydrogen-bond acceptors (Lipinski definition) is 3. The third kappa shape index (κ3) is 2.61. The van der Waals surface area contributed by atoms with Crippen molar-refractivity contribution >= 4 is 0 Å². The molecule has 2 aromatic rings. The summed E-state index contributed by atoms with van der Waals surface area (Å²) in [5.41, 5.74) is 1.11. The van der Waals surface area contributed by atoms with Gasteiger partial charge in [-0.05, 0) is 31.7 Å². The lowest BCUT2D eigenvalue weighted by atomic mass is 10.1. The molecule has 0 radical (unpaired) electrons. The highest BCUT2D eigenvalue weighted by Crippen LogP contribution is 2.25. The van der Waals surface area contributed by atoms with Gasteiger partial charge < -0.3 is 14.2 Å². The number of rotatable bonds is 5. The fourth-order valence-corrected chi connectivity index (χ4v) is 1.94. The van der Waals surface area contributed by atoms with Gasteiger partial charge >= 0.3 is 0 Å². The van der Waals surface area contributed by atoms with Gasteiger partial charge in [0.15, 0.2) is 0 Å². The Kier molecular flexibility index (Phi) is 3.69. The second-order valence-corrected chi connectivity index (χ2v) is 4.14. The van der Waals surface area contributed by atoms with Crippen LogP contribution in [0, 0.1) is 6.92 Å². The van der Waals surface area contributed by atoms with Gasteiger partial charge in [0.25, 0.3) is 0 Å². The highest BCUT2D eigenvalue weighted by molar-refractivity contribution is 5.26. The molecule has 0 fully saturated rings. The molecule has 2 aromatic heterocycles. The highest BCUT2D eigenvalue weighted by atomic mass is 16.3. The Morgan fingerprint density at radius 2 is 2.12 bits per heavy atom. The second-order valence-electron chi connectivity index (χ2n) is 4.14. The summed E-state index contributed by atoms with van der Waals surface area (Å²) < 4.78 is 11.2. The molecule has 0 aliphatic heterocycles. The van der Waals surface area contributed by atoms with E-state index in [1.165, 1.54) is 0 Å². The summed E-state index contributed by atoms with van der Waals surface area (Å²) in [7, 11) is 0. The molecule has 2 heterocycles. The SMILES string of the molecule is CCNC(c1coc(C)c1)c1ccc(CC)o1. The van der Waals surface area contributed by atoms with Crippen LogP contribution in [0.15, 0.2) is 33.3 Å². The molecular formula is C14H19NO2. The Bertz CT molecular complexity index is 470. The van der Waals surface area contributed by atoms with E-state index >= 15 is 0 Å². The molecule has 3 heteroatoms. The van der Waals surface area contributed by atoms with Crippen molar-refractivity contribution in [3.63, 3.8) is 0 Å². The van der Waals surface area contributed by atoms with Crippen molar-refractivity contribution in [3.05, 3.63) is 47.3 Å². The molecule has 0 amide bonds. The van der Waals surface area contributed by atoms with Crippen molar-refractivity contribution in [2.45, 2.75) is 33.2 Å². The minimum atomic E-state index is 0.0812.